The van der Waals surface area contributed by atoms with Crippen molar-refractivity contribution in [2.75, 3.05) is 5.32 Å². The SMILES string of the molecule is CC1(C)CCC(Nc2c(F)cc(C(N)=S)cc2F)C1. The third-order valence-electron chi connectivity index (χ3n) is 3.64. The molecule has 1 aromatic carbocycles. The Kier molecular flexibility index (Phi) is 3.76. The van der Waals surface area contributed by atoms with E-state index in [0.29, 0.717) is 0 Å². The molecule has 0 radical (unpaired) electrons. The van der Waals surface area contributed by atoms with Gasteiger partial charge in [0.05, 0.1) is 0 Å². The number of nitrogens with one attached hydrogen (secondary N) is 1. The molecule has 0 heterocycles. The number of thiocarbonyl (C=S) groups is 1. The first-order valence-electron chi connectivity index (χ1n) is 6.34. The molecule has 1 atom stereocenters. The molecule has 1 saturated carbocycles. The topological polar surface area (TPSA) is 38.0 Å². The fraction of sp³-hybridized carbons (Fsp3) is 0.500. The van der Waals surface area contributed by atoms with Gasteiger partial charge in [0, 0.05) is 11.6 Å². The van der Waals surface area contributed by atoms with Crippen LogP contribution in [-0.4, -0.2) is 11.0 Å². The van der Waals surface area contributed by atoms with Gasteiger partial charge in [-0.1, -0.05) is 26.1 Å². The van der Waals surface area contributed by atoms with Crippen LogP contribution in [0.3, 0.4) is 0 Å². The highest BCUT2D eigenvalue weighted by atomic mass is 32.1. The van der Waals surface area contributed by atoms with Gasteiger partial charge in [-0.2, -0.15) is 0 Å². The van der Waals surface area contributed by atoms with Crippen molar-refractivity contribution in [3.8, 4) is 0 Å². The molecule has 0 bridgehead atoms. The smallest absolute Gasteiger partial charge is 0.150 e. The van der Waals surface area contributed by atoms with Crippen LogP contribution in [0.2, 0.25) is 0 Å². The maximum Gasteiger partial charge on any atom is 0.150 e. The summed E-state index contributed by atoms with van der Waals surface area (Å²) in [5, 5.41) is 2.97. The van der Waals surface area contributed by atoms with E-state index in [1.165, 1.54) is 12.1 Å². The molecule has 0 amide bonds. The number of halogens is 2. The van der Waals surface area contributed by atoms with Crippen molar-refractivity contribution in [2.24, 2.45) is 11.1 Å². The number of nitrogens with two attached hydrogens (primary N) is 1. The van der Waals surface area contributed by atoms with E-state index in [1.54, 1.807) is 0 Å². The second-order valence-electron chi connectivity index (χ2n) is 5.93. The molecule has 5 heteroatoms. The lowest BCUT2D eigenvalue weighted by molar-refractivity contribution is 0.378. The molecule has 3 N–H and O–H groups in total. The van der Waals surface area contributed by atoms with Crippen molar-refractivity contribution < 1.29 is 8.78 Å². The van der Waals surface area contributed by atoms with Gasteiger partial charge in [0.15, 0.2) is 0 Å². The molecule has 19 heavy (non-hydrogen) atoms. The first-order valence-corrected chi connectivity index (χ1v) is 6.75. The Hall–Kier alpha value is -1.23. The van der Waals surface area contributed by atoms with Crippen molar-refractivity contribution in [1.82, 2.24) is 0 Å². The molecule has 1 unspecified atom stereocenters. The van der Waals surface area contributed by atoms with Gasteiger partial charge < -0.3 is 11.1 Å². The average Bonchev–Trinajstić information content (AvgIpc) is 2.63. The molecule has 1 aliphatic carbocycles. The molecule has 0 aliphatic heterocycles. The van der Waals surface area contributed by atoms with Crippen LogP contribution in [0.15, 0.2) is 12.1 Å². The quantitative estimate of drug-likeness (QED) is 0.833. The molecule has 1 fully saturated rings. The van der Waals surface area contributed by atoms with Gasteiger partial charge in [0.25, 0.3) is 0 Å². The molecule has 1 aliphatic rings. The number of hydrogen-bond acceptors (Lipinski definition) is 2. The molecule has 0 spiro atoms. The maximum atomic E-state index is 13.9. The minimum atomic E-state index is -0.646. The Morgan fingerprint density at radius 1 is 1.37 bits per heavy atom. The Morgan fingerprint density at radius 2 is 1.95 bits per heavy atom. The fourth-order valence-electron chi connectivity index (χ4n) is 2.62. The predicted octanol–water partition coefficient (Wildman–Crippen LogP) is 3.59. The zero-order chi connectivity index (χ0) is 14.2. The van der Waals surface area contributed by atoms with E-state index < -0.39 is 11.6 Å². The zero-order valence-electron chi connectivity index (χ0n) is 11.1. The predicted molar refractivity (Wildman–Crippen MR) is 77.3 cm³/mol. The highest BCUT2D eigenvalue weighted by Gasteiger charge is 2.31. The average molecular weight is 284 g/mol. The largest absolute Gasteiger partial charge is 0.389 e. The molecule has 0 saturated heterocycles. The van der Waals surface area contributed by atoms with E-state index in [2.05, 4.69) is 19.2 Å². The van der Waals surface area contributed by atoms with Gasteiger partial charge in [-0.15, -0.1) is 0 Å². The summed E-state index contributed by atoms with van der Waals surface area (Å²) in [6, 6.07) is 2.46. The van der Waals surface area contributed by atoms with Gasteiger partial charge in [-0.3, -0.25) is 0 Å². The molecule has 1 aromatic rings. The third-order valence-corrected chi connectivity index (χ3v) is 3.88. The summed E-state index contributed by atoms with van der Waals surface area (Å²) < 4.78 is 27.8. The zero-order valence-corrected chi connectivity index (χ0v) is 11.9. The Balaban J connectivity index is 2.20. The number of benzene rings is 1. The monoisotopic (exact) mass is 284 g/mol. The van der Waals surface area contributed by atoms with Gasteiger partial charge in [-0.05, 0) is 36.8 Å². The van der Waals surface area contributed by atoms with Gasteiger partial charge in [0.1, 0.15) is 22.3 Å². The third kappa shape index (κ3) is 3.21. The lowest BCUT2D eigenvalue weighted by atomic mass is 9.92. The highest BCUT2D eigenvalue weighted by molar-refractivity contribution is 7.80. The molecular formula is C14H18F2N2S. The van der Waals surface area contributed by atoms with E-state index in [1.807, 2.05) is 0 Å². The first kappa shape index (κ1) is 14.2. The van der Waals surface area contributed by atoms with Crippen LogP contribution in [0.1, 0.15) is 38.7 Å². The van der Waals surface area contributed by atoms with E-state index in [-0.39, 0.29) is 27.7 Å². The van der Waals surface area contributed by atoms with Crippen LogP contribution in [-0.2, 0) is 0 Å². The first-order chi connectivity index (χ1) is 8.78. The molecule has 104 valence electrons. The van der Waals surface area contributed by atoms with Crippen molar-refractivity contribution in [3.05, 3.63) is 29.3 Å². The normalized spacial score (nSPS) is 21.4. The lowest BCUT2D eigenvalue weighted by Gasteiger charge is -2.19. The van der Waals surface area contributed by atoms with Crippen LogP contribution in [0.5, 0.6) is 0 Å². The Morgan fingerprint density at radius 3 is 2.37 bits per heavy atom. The van der Waals surface area contributed by atoms with Crippen molar-refractivity contribution in [2.45, 2.75) is 39.2 Å². The van der Waals surface area contributed by atoms with Crippen LogP contribution < -0.4 is 11.1 Å². The standard InChI is InChI=1S/C14H18F2N2S/c1-14(2)4-3-9(7-14)18-12-10(15)5-8(13(17)19)6-11(12)16/h5-6,9,18H,3-4,7H2,1-2H3,(H2,17,19). The molecular weight excluding hydrogens is 266 g/mol. The van der Waals surface area contributed by atoms with Crippen molar-refractivity contribution in [3.63, 3.8) is 0 Å². The Labute approximate surface area is 117 Å². The number of rotatable bonds is 3. The minimum Gasteiger partial charge on any atom is -0.389 e. The summed E-state index contributed by atoms with van der Waals surface area (Å²) in [5.74, 6) is -1.29. The Bertz CT molecular complexity index is 491. The van der Waals surface area contributed by atoms with Crippen LogP contribution in [0.25, 0.3) is 0 Å². The van der Waals surface area contributed by atoms with E-state index in [0.717, 1.165) is 19.3 Å². The van der Waals surface area contributed by atoms with E-state index >= 15 is 0 Å². The number of hydrogen-bond donors (Lipinski definition) is 2. The van der Waals surface area contributed by atoms with Gasteiger partial charge in [0.2, 0.25) is 0 Å². The summed E-state index contributed by atoms with van der Waals surface area (Å²) in [5.41, 5.74) is 5.73. The maximum absolute atomic E-state index is 13.9. The fourth-order valence-corrected chi connectivity index (χ4v) is 2.73. The summed E-state index contributed by atoms with van der Waals surface area (Å²) in [7, 11) is 0. The van der Waals surface area contributed by atoms with Crippen molar-refractivity contribution in [1.29, 1.82) is 0 Å². The summed E-state index contributed by atoms with van der Waals surface area (Å²) in [4.78, 5) is -0.00801. The number of anilines is 1. The second-order valence-corrected chi connectivity index (χ2v) is 6.37. The highest BCUT2D eigenvalue weighted by Crippen LogP contribution is 2.38. The van der Waals surface area contributed by atoms with E-state index in [4.69, 9.17) is 18.0 Å². The molecule has 2 nitrogen and oxygen atoms in total. The van der Waals surface area contributed by atoms with Crippen LogP contribution in [0.4, 0.5) is 14.5 Å². The van der Waals surface area contributed by atoms with Crippen molar-refractivity contribution >= 4 is 22.9 Å². The van der Waals surface area contributed by atoms with Gasteiger partial charge in [-0.25, -0.2) is 8.78 Å². The van der Waals surface area contributed by atoms with Crippen LogP contribution >= 0.6 is 12.2 Å². The second kappa shape index (κ2) is 5.04. The summed E-state index contributed by atoms with van der Waals surface area (Å²) in [6.45, 7) is 4.33. The van der Waals surface area contributed by atoms with E-state index in [9.17, 15) is 8.78 Å². The molecule has 2 rings (SSSR count). The van der Waals surface area contributed by atoms with Crippen LogP contribution in [0, 0.1) is 17.0 Å². The van der Waals surface area contributed by atoms with Gasteiger partial charge >= 0.3 is 0 Å². The molecule has 0 aromatic heterocycles. The summed E-state index contributed by atoms with van der Waals surface area (Å²) in [6.07, 6.45) is 2.88. The minimum absolute atomic E-state index is 0.00801. The lowest BCUT2D eigenvalue weighted by Crippen LogP contribution is -2.20. The summed E-state index contributed by atoms with van der Waals surface area (Å²) >= 11 is 4.72.